The first kappa shape index (κ1) is 34.3. The minimum absolute atomic E-state index is 0.619. The quantitative estimate of drug-likeness (QED) is 0.169. The zero-order chi connectivity index (χ0) is 39.6. The van der Waals surface area contributed by atoms with Crippen molar-refractivity contribution in [3.8, 4) is 62.1 Å². The van der Waals surface area contributed by atoms with Crippen molar-refractivity contribution in [3.05, 3.63) is 206 Å². The van der Waals surface area contributed by atoms with Crippen molar-refractivity contribution in [1.29, 1.82) is 0 Å². The molecule has 0 unspecified atom stereocenters. The van der Waals surface area contributed by atoms with E-state index >= 15 is 0 Å². The lowest BCUT2D eigenvalue weighted by Crippen LogP contribution is -2.03. The van der Waals surface area contributed by atoms with Crippen molar-refractivity contribution in [1.82, 2.24) is 19.5 Å². The number of para-hydroxylation sites is 2. The van der Waals surface area contributed by atoms with Crippen molar-refractivity contribution in [3.63, 3.8) is 0 Å². The second-order valence-electron chi connectivity index (χ2n) is 15.2. The molecule has 280 valence electrons. The molecule has 0 aliphatic rings. The largest absolute Gasteiger partial charge is 0.309 e. The molecule has 0 saturated heterocycles. The molecule has 0 atom stereocenters. The van der Waals surface area contributed by atoms with Gasteiger partial charge >= 0.3 is 0 Å². The number of thiophene rings is 1. The van der Waals surface area contributed by atoms with Crippen LogP contribution in [-0.2, 0) is 0 Å². The molecule has 0 aliphatic carbocycles. The van der Waals surface area contributed by atoms with E-state index in [1.165, 1.54) is 30.9 Å². The van der Waals surface area contributed by atoms with E-state index in [1.54, 1.807) is 0 Å². The van der Waals surface area contributed by atoms with Crippen LogP contribution in [0.5, 0.6) is 0 Å². The predicted molar refractivity (Wildman–Crippen MR) is 252 cm³/mol. The Labute approximate surface area is 350 Å². The highest BCUT2D eigenvalue weighted by molar-refractivity contribution is 7.25. The summed E-state index contributed by atoms with van der Waals surface area (Å²) in [6, 6.07) is 73.3. The maximum absolute atomic E-state index is 5.38. The number of hydrogen-bond acceptors (Lipinski definition) is 4. The van der Waals surface area contributed by atoms with Crippen LogP contribution in [0, 0.1) is 0 Å². The van der Waals surface area contributed by atoms with Gasteiger partial charge < -0.3 is 4.57 Å². The predicted octanol–water partition coefficient (Wildman–Crippen LogP) is 14.8. The molecule has 0 amide bonds. The van der Waals surface area contributed by atoms with Gasteiger partial charge in [-0.05, 0) is 63.9 Å². The fourth-order valence-electron chi connectivity index (χ4n) is 8.90. The molecule has 9 aromatic carbocycles. The molecule has 12 rings (SSSR count). The fraction of sp³-hybridized carbons (Fsp3) is 0. The molecule has 0 radical (unpaired) electrons. The molecular weight excluding hydrogens is 749 g/mol. The lowest BCUT2D eigenvalue weighted by atomic mass is 9.92. The van der Waals surface area contributed by atoms with Gasteiger partial charge in [-0.2, -0.15) is 0 Å². The van der Waals surface area contributed by atoms with E-state index in [2.05, 4.69) is 193 Å². The lowest BCUT2D eigenvalue weighted by molar-refractivity contribution is 1.07. The highest BCUT2D eigenvalue weighted by Crippen LogP contribution is 2.44. The zero-order valence-corrected chi connectivity index (χ0v) is 33.1. The SMILES string of the molecule is c1ccc(-c2nc(-c3cccc(-c4ccc5c(c4)sc4ccccc45)c3)nc(-c3cc(-n4c5ccccc5c5ccccc54)c(-c4ccccc4)c4ccccc34)n2)cc1. The van der Waals surface area contributed by atoms with Gasteiger partial charge in [-0.1, -0.05) is 170 Å². The second kappa shape index (κ2) is 14.0. The van der Waals surface area contributed by atoms with E-state index in [0.29, 0.717) is 17.5 Å². The molecule has 0 fully saturated rings. The van der Waals surface area contributed by atoms with Gasteiger partial charge in [0, 0.05) is 53.2 Å². The van der Waals surface area contributed by atoms with Crippen molar-refractivity contribution >= 4 is 64.1 Å². The first-order valence-electron chi connectivity index (χ1n) is 20.2. The van der Waals surface area contributed by atoms with Crippen LogP contribution in [-0.4, -0.2) is 19.5 Å². The Morgan fingerprint density at radius 3 is 1.57 bits per heavy atom. The number of fused-ring (bicyclic) bond motifs is 7. The molecule has 0 N–H and O–H groups in total. The summed E-state index contributed by atoms with van der Waals surface area (Å²) < 4.78 is 4.99. The Morgan fingerprint density at radius 1 is 0.317 bits per heavy atom. The number of benzene rings is 9. The van der Waals surface area contributed by atoms with Crippen LogP contribution in [0.15, 0.2) is 206 Å². The van der Waals surface area contributed by atoms with Gasteiger partial charge in [0.05, 0.1) is 16.7 Å². The van der Waals surface area contributed by atoms with E-state index in [4.69, 9.17) is 15.0 Å². The fourth-order valence-corrected chi connectivity index (χ4v) is 10.0. The molecule has 0 spiro atoms. The Morgan fingerprint density at radius 2 is 0.833 bits per heavy atom. The number of nitrogens with zero attached hydrogens (tertiary/aromatic N) is 4. The van der Waals surface area contributed by atoms with Crippen LogP contribution in [0.3, 0.4) is 0 Å². The summed E-state index contributed by atoms with van der Waals surface area (Å²) >= 11 is 1.84. The Balaban J connectivity index is 1.11. The Kier molecular flexibility index (Phi) is 8.00. The summed E-state index contributed by atoms with van der Waals surface area (Å²) in [6.07, 6.45) is 0. The number of aromatic nitrogens is 4. The molecule has 12 aromatic rings. The van der Waals surface area contributed by atoms with Gasteiger partial charge in [-0.3, -0.25) is 0 Å². The van der Waals surface area contributed by atoms with Crippen LogP contribution < -0.4 is 0 Å². The third-order valence-corrected chi connectivity index (χ3v) is 12.8. The summed E-state index contributed by atoms with van der Waals surface area (Å²) in [6.45, 7) is 0. The minimum atomic E-state index is 0.619. The molecule has 60 heavy (non-hydrogen) atoms. The first-order valence-corrected chi connectivity index (χ1v) is 21.0. The normalized spacial score (nSPS) is 11.7. The maximum atomic E-state index is 5.38. The van der Waals surface area contributed by atoms with Crippen molar-refractivity contribution in [2.24, 2.45) is 0 Å². The first-order chi connectivity index (χ1) is 29.7. The van der Waals surface area contributed by atoms with E-state index in [1.807, 2.05) is 29.5 Å². The van der Waals surface area contributed by atoms with Gasteiger partial charge in [-0.25, -0.2) is 15.0 Å². The monoisotopic (exact) mass is 782 g/mol. The van der Waals surface area contributed by atoms with Gasteiger partial charge in [0.1, 0.15) is 0 Å². The Bertz CT molecular complexity index is 3550. The van der Waals surface area contributed by atoms with E-state index < -0.39 is 0 Å². The molecular formula is C55H34N4S. The molecule has 3 aromatic heterocycles. The average Bonchev–Trinajstić information content (AvgIpc) is 3.87. The maximum Gasteiger partial charge on any atom is 0.164 e. The minimum Gasteiger partial charge on any atom is -0.309 e. The molecule has 3 heterocycles. The molecule has 0 aliphatic heterocycles. The third-order valence-electron chi connectivity index (χ3n) is 11.6. The zero-order valence-electron chi connectivity index (χ0n) is 32.3. The molecule has 0 saturated carbocycles. The van der Waals surface area contributed by atoms with Crippen LogP contribution in [0.25, 0.3) is 115 Å². The van der Waals surface area contributed by atoms with Gasteiger partial charge in [0.2, 0.25) is 0 Å². The lowest BCUT2D eigenvalue weighted by Gasteiger charge is -2.20. The third kappa shape index (κ3) is 5.63. The van der Waals surface area contributed by atoms with Crippen molar-refractivity contribution in [2.45, 2.75) is 0 Å². The van der Waals surface area contributed by atoms with Crippen molar-refractivity contribution < 1.29 is 0 Å². The van der Waals surface area contributed by atoms with E-state index in [9.17, 15) is 0 Å². The van der Waals surface area contributed by atoms with Crippen LogP contribution in [0.4, 0.5) is 0 Å². The van der Waals surface area contributed by atoms with Gasteiger partial charge in [0.25, 0.3) is 0 Å². The van der Waals surface area contributed by atoms with Crippen LogP contribution >= 0.6 is 11.3 Å². The average molecular weight is 783 g/mol. The van der Waals surface area contributed by atoms with Crippen LogP contribution in [0.2, 0.25) is 0 Å². The highest BCUT2D eigenvalue weighted by Gasteiger charge is 2.22. The standard InChI is InChI=1S/C55H34N4S/c1-3-16-35(17-4-1)52-45-26-8-7-22-40(45)46(34-49(52)59-47-27-12-9-23-41(47)42-24-10-13-28-48(42)59)55-57-53(36-18-5-2-6-19-36)56-54(58-55)39-21-15-20-37(32-39)38-30-31-44-43-25-11-14-29-50(43)60-51(44)33-38/h1-34H. The summed E-state index contributed by atoms with van der Waals surface area (Å²) in [5.74, 6) is 1.87. The second-order valence-corrected chi connectivity index (χ2v) is 16.2. The smallest absolute Gasteiger partial charge is 0.164 e. The Hall–Kier alpha value is -7.73. The topological polar surface area (TPSA) is 43.6 Å². The summed E-state index contributed by atoms with van der Waals surface area (Å²) in [5.41, 5.74) is 10.7. The summed E-state index contributed by atoms with van der Waals surface area (Å²) in [4.78, 5) is 15.9. The highest BCUT2D eigenvalue weighted by atomic mass is 32.1. The summed E-state index contributed by atoms with van der Waals surface area (Å²) in [7, 11) is 0. The van der Waals surface area contributed by atoms with Crippen LogP contribution in [0.1, 0.15) is 0 Å². The van der Waals surface area contributed by atoms with Crippen molar-refractivity contribution in [2.75, 3.05) is 0 Å². The molecule has 0 bridgehead atoms. The van der Waals surface area contributed by atoms with Gasteiger partial charge in [-0.15, -0.1) is 11.3 Å². The molecule has 4 nitrogen and oxygen atoms in total. The van der Waals surface area contributed by atoms with Gasteiger partial charge in [0.15, 0.2) is 17.5 Å². The number of hydrogen-bond donors (Lipinski definition) is 0. The number of rotatable bonds is 6. The summed E-state index contributed by atoms with van der Waals surface area (Å²) in [5, 5.41) is 7.21. The van der Waals surface area contributed by atoms with E-state index in [-0.39, 0.29) is 0 Å². The molecule has 5 heteroatoms. The van der Waals surface area contributed by atoms with E-state index in [0.717, 1.165) is 66.4 Å².